The monoisotopic (exact) mass is 254 g/mol. The van der Waals surface area contributed by atoms with E-state index in [1.165, 1.54) is 0 Å². The lowest BCUT2D eigenvalue weighted by atomic mass is 10.3. The van der Waals surface area contributed by atoms with Gasteiger partial charge in [-0.3, -0.25) is 9.00 Å². The molecule has 0 bridgehead atoms. The molecule has 72 valence electrons. The van der Waals surface area contributed by atoms with Crippen molar-refractivity contribution in [3.05, 3.63) is 0 Å². The summed E-state index contributed by atoms with van der Waals surface area (Å²) >= 11 is 3.15. The molecule has 2 nitrogen and oxygen atoms in total. The predicted octanol–water partition coefficient (Wildman–Crippen LogP) is 1.89. The summed E-state index contributed by atoms with van der Waals surface area (Å²) < 4.78 is 11.2. The summed E-state index contributed by atoms with van der Waals surface area (Å²) in [6.07, 6.45) is 0. The largest absolute Gasteiger partial charge is 0.297 e. The van der Waals surface area contributed by atoms with Crippen LogP contribution in [0, 0.1) is 0 Å². The normalized spacial score (nSPS) is 17.1. The minimum Gasteiger partial charge on any atom is -0.297 e. The van der Waals surface area contributed by atoms with Gasteiger partial charge in [0, 0.05) is 15.5 Å². The third-order valence-corrected chi connectivity index (χ3v) is 3.82. The highest BCUT2D eigenvalue weighted by Crippen LogP contribution is 2.12. The van der Waals surface area contributed by atoms with Crippen molar-refractivity contribution in [3.63, 3.8) is 0 Å². The van der Waals surface area contributed by atoms with Crippen molar-refractivity contribution in [2.45, 2.75) is 37.3 Å². The number of Topliss-reactive ketones (excluding diaryl/α,β-unsaturated/α-hetero) is 1. The first kappa shape index (κ1) is 12.3. The molecule has 0 fully saturated rings. The quantitative estimate of drug-likeness (QED) is 0.722. The predicted molar refractivity (Wildman–Crippen MR) is 56.2 cm³/mol. The van der Waals surface area contributed by atoms with Gasteiger partial charge in [-0.15, -0.1) is 0 Å². The Morgan fingerprint density at radius 2 is 1.92 bits per heavy atom. The second-order valence-corrected chi connectivity index (χ2v) is 7.26. The summed E-state index contributed by atoms with van der Waals surface area (Å²) in [7, 11) is -1.07. The van der Waals surface area contributed by atoms with Crippen LogP contribution < -0.4 is 0 Å². The van der Waals surface area contributed by atoms with Crippen LogP contribution in [0.4, 0.5) is 0 Å². The van der Waals surface area contributed by atoms with Gasteiger partial charge in [-0.1, -0.05) is 15.9 Å². The first-order valence-corrected chi connectivity index (χ1v) is 6.04. The van der Waals surface area contributed by atoms with E-state index in [1.54, 1.807) is 6.92 Å². The van der Waals surface area contributed by atoms with E-state index < -0.39 is 10.8 Å². The van der Waals surface area contributed by atoms with Crippen LogP contribution in [0.25, 0.3) is 0 Å². The molecule has 12 heavy (non-hydrogen) atoms. The number of alkyl halides is 1. The highest BCUT2D eigenvalue weighted by Gasteiger charge is 2.23. The molecule has 0 saturated heterocycles. The molecular weight excluding hydrogens is 240 g/mol. The minimum atomic E-state index is -1.07. The number of ketones is 1. The van der Waals surface area contributed by atoms with Gasteiger partial charge in [0.25, 0.3) is 0 Å². The van der Waals surface area contributed by atoms with Crippen molar-refractivity contribution in [1.29, 1.82) is 0 Å². The van der Waals surface area contributed by atoms with Gasteiger partial charge in [0.15, 0.2) is 5.78 Å². The van der Waals surface area contributed by atoms with Gasteiger partial charge in [0.2, 0.25) is 0 Å². The summed E-state index contributed by atoms with van der Waals surface area (Å²) in [5.41, 5.74) is 0. The molecule has 0 rings (SSSR count). The van der Waals surface area contributed by atoms with Crippen LogP contribution in [0.15, 0.2) is 0 Å². The van der Waals surface area contributed by atoms with E-state index in [4.69, 9.17) is 0 Å². The van der Waals surface area contributed by atoms with Gasteiger partial charge in [-0.25, -0.2) is 0 Å². The van der Waals surface area contributed by atoms with Crippen molar-refractivity contribution >= 4 is 32.5 Å². The molecular formula is C8H15BrO2S. The lowest BCUT2D eigenvalue weighted by Crippen LogP contribution is -2.29. The molecule has 4 heteroatoms. The SMILES string of the molecule is CC(Br)C(=O)CS(=O)C(C)(C)C. The van der Waals surface area contributed by atoms with Gasteiger partial charge in [-0.05, 0) is 27.7 Å². The Morgan fingerprint density at radius 3 is 2.17 bits per heavy atom. The Bertz CT molecular complexity index is 194. The molecule has 2 unspecified atom stereocenters. The van der Waals surface area contributed by atoms with Gasteiger partial charge in [0.1, 0.15) is 0 Å². The Kier molecular flexibility index (Phi) is 4.62. The Labute approximate surface area is 84.7 Å². The number of halogens is 1. The maximum Gasteiger partial charge on any atom is 0.158 e. The number of hydrogen-bond donors (Lipinski definition) is 0. The Hall–Kier alpha value is 0.300. The Balaban J connectivity index is 4.12. The smallest absolute Gasteiger partial charge is 0.158 e. The molecule has 0 aliphatic rings. The summed E-state index contributed by atoms with van der Waals surface area (Å²) in [4.78, 5) is 11.0. The zero-order chi connectivity index (χ0) is 9.94. The van der Waals surface area contributed by atoms with Gasteiger partial charge in [0.05, 0.1) is 10.6 Å². The highest BCUT2D eigenvalue weighted by atomic mass is 79.9. The van der Waals surface area contributed by atoms with Crippen molar-refractivity contribution in [2.24, 2.45) is 0 Å². The van der Waals surface area contributed by atoms with Crippen LogP contribution in [0.3, 0.4) is 0 Å². The van der Waals surface area contributed by atoms with E-state index in [0.29, 0.717) is 0 Å². The van der Waals surface area contributed by atoms with Crippen molar-refractivity contribution in [2.75, 3.05) is 5.75 Å². The van der Waals surface area contributed by atoms with Crippen LogP contribution in [0.1, 0.15) is 27.7 Å². The molecule has 0 spiro atoms. The third kappa shape index (κ3) is 4.36. The zero-order valence-electron chi connectivity index (χ0n) is 7.89. The lowest BCUT2D eigenvalue weighted by molar-refractivity contribution is -0.115. The van der Waals surface area contributed by atoms with E-state index in [2.05, 4.69) is 15.9 Å². The van der Waals surface area contributed by atoms with E-state index in [-0.39, 0.29) is 21.1 Å². The van der Waals surface area contributed by atoms with Crippen molar-refractivity contribution in [1.82, 2.24) is 0 Å². The van der Waals surface area contributed by atoms with Crippen LogP contribution in [0.5, 0.6) is 0 Å². The number of hydrogen-bond acceptors (Lipinski definition) is 2. The number of carbonyl (C=O) groups excluding carboxylic acids is 1. The maximum atomic E-state index is 11.4. The summed E-state index contributed by atoms with van der Waals surface area (Å²) in [5, 5.41) is 0. The first-order chi connectivity index (χ1) is 5.25. The molecule has 0 heterocycles. The fourth-order valence-corrected chi connectivity index (χ4v) is 1.78. The molecule has 0 amide bonds. The number of carbonyl (C=O) groups is 1. The van der Waals surface area contributed by atoms with Crippen LogP contribution in [-0.4, -0.2) is 25.3 Å². The molecule has 0 aromatic heterocycles. The maximum absolute atomic E-state index is 11.4. The van der Waals surface area contributed by atoms with Gasteiger partial charge in [-0.2, -0.15) is 0 Å². The first-order valence-electron chi connectivity index (χ1n) is 3.80. The van der Waals surface area contributed by atoms with E-state index >= 15 is 0 Å². The fraction of sp³-hybridized carbons (Fsp3) is 0.875. The van der Waals surface area contributed by atoms with E-state index in [1.807, 2.05) is 20.8 Å². The second kappa shape index (κ2) is 4.51. The number of rotatable bonds is 3. The van der Waals surface area contributed by atoms with Gasteiger partial charge < -0.3 is 0 Å². The molecule has 0 aliphatic carbocycles. The van der Waals surface area contributed by atoms with Crippen LogP contribution in [0.2, 0.25) is 0 Å². The Morgan fingerprint density at radius 1 is 1.50 bits per heavy atom. The zero-order valence-corrected chi connectivity index (χ0v) is 10.3. The summed E-state index contributed by atoms with van der Waals surface area (Å²) in [5.74, 6) is 0.152. The molecule has 0 aliphatic heterocycles. The molecule has 0 aromatic rings. The van der Waals surface area contributed by atoms with Crippen LogP contribution in [-0.2, 0) is 15.6 Å². The minimum absolute atomic E-state index is 0.00302. The average molecular weight is 255 g/mol. The third-order valence-electron chi connectivity index (χ3n) is 1.40. The highest BCUT2D eigenvalue weighted by molar-refractivity contribution is 9.10. The van der Waals surface area contributed by atoms with Crippen molar-refractivity contribution in [3.8, 4) is 0 Å². The molecule has 2 atom stereocenters. The molecule has 0 saturated carbocycles. The summed E-state index contributed by atoms with van der Waals surface area (Å²) in [6, 6.07) is 0. The molecule has 0 N–H and O–H groups in total. The van der Waals surface area contributed by atoms with E-state index in [9.17, 15) is 9.00 Å². The van der Waals surface area contributed by atoms with Gasteiger partial charge >= 0.3 is 0 Å². The summed E-state index contributed by atoms with van der Waals surface area (Å²) in [6.45, 7) is 7.36. The lowest BCUT2D eigenvalue weighted by Gasteiger charge is -2.17. The standard InChI is InChI=1S/C8H15BrO2S/c1-6(9)7(10)5-12(11)8(2,3)4/h6H,5H2,1-4H3. The topological polar surface area (TPSA) is 34.1 Å². The molecule has 0 aromatic carbocycles. The molecule has 0 radical (unpaired) electrons. The van der Waals surface area contributed by atoms with Crippen molar-refractivity contribution < 1.29 is 9.00 Å². The fourth-order valence-electron chi connectivity index (χ4n) is 0.461. The average Bonchev–Trinajstić information content (AvgIpc) is 1.85. The van der Waals surface area contributed by atoms with Crippen LogP contribution >= 0.6 is 15.9 Å². The second-order valence-electron chi connectivity index (χ2n) is 3.68. The van der Waals surface area contributed by atoms with E-state index in [0.717, 1.165) is 0 Å².